The van der Waals surface area contributed by atoms with Gasteiger partial charge in [0.2, 0.25) is 0 Å². The van der Waals surface area contributed by atoms with Gasteiger partial charge in [0.25, 0.3) is 0 Å². The Morgan fingerprint density at radius 1 is 1.29 bits per heavy atom. The molecule has 0 aromatic rings. The number of ketones is 1. The highest BCUT2D eigenvalue weighted by Crippen LogP contribution is 2.06. The molecular formula is C9H14O5. The van der Waals surface area contributed by atoms with E-state index in [1.807, 2.05) is 0 Å². The number of carboxylic acid groups (broad SMARTS) is 1. The highest BCUT2D eigenvalue weighted by molar-refractivity contribution is 5.86. The Morgan fingerprint density at radius 3 is 2.29 bits per heavy atom. The van der Waals surface area contributed by atoms with E-state index in [1.54, 1.807) is 0 Å². The SMILES string of the molecule is COC(=O)CCC(=O)CC(C)C(=O)O. The van der Waals surface area contributed by atoms with Gasteiger partial charge < -0.3 is 9.84 Å². The molecule has 1 N–H and O–H groups in total. The van der Waals surface area contributed by atoms with Crippen molar-refractivity contribution >= 4 is 17.7 Å². The number of hydrogen-bond acceptors (Lipinski definition) is 4. The molecule has 5 nitrogen and oxygen atoms in total. The van der Waals surface area contributed by atoms with E-state index >= 15 is 0 Å². The lowest BCUT2D eigenvalue weighted by atomic mass is 10.0. The van der Waals surface area contributed by atoms with Crippen molar-refractivity contribution < 1.29 is 24.2 Å². The molecule has 0 aliphatic rings. The minimum atomic E-state index is -1.00. The predicted octanol–water partition coefficient (Wildman–Crippen LogP) is 0.619. The second kappa shape index (κ2) is 6.12. The first kappa shape index (κ1) is 12.6. The summed E-state index contributed by atoms with van der Waals surface area (Å²) in [6.07, 6.45) is 0.0261. The lowest BCUT2D eigenvalue weighted by molar-refractivity contribution is -0.143. The van der Waals surface area contributed by atoms with Crippen LogP contribution in [-0.4, -0.2) is 29.9 Å². The predicted molar refractivity (Wildman–Crippen MR) is 47.7 cm³/mol. The Bertz CT molecular complexity index is 233. The first-order chi connectivity index (χ1) is 6.47. The molecule has 0 rings (SSSR count). The summed E-state index contributed by atoms with van der Waals surface area (Å²) in [5.41, 5.74) is 0. The zero-order valence-corrected chi connectivity index (χ0v) is 8.28. The van der Waals surface area contributed by atoms with Crippen LogP contribution in [0.5, 0.6) is 0 Å². The quantitative estimate of drug-likeness (QED) is 0.638. The third-order valence-electron chi connectivity index (χ3n) is 1.79. The fourth-order valence-electron chi connectivity index (χ4n) is 0.874. The summed E-state index contributed by atoms with van der Waals surface area (Å²) in [6.45, 7) is 1.46. The summed E-state index contributed by atoms with van der Waals surface area (Å²) in [5, 5.41) is 8.51. The lowest BCUT2D eigenvalue weighted by Crippen LogP contribution is -2.15. The number of aliphatic carboxylic acids is 1. The fraction of sp³-hybridized carbons (Fsp3) is 0.667. The van der Waals surface area contributed by atoms with Crippen molar-refractivity contribution in [2.75, 3.05) is 7.11 Å². The molecular weight excluding hydrogens is 188 g/mol. The lowest BCUT2D eigenvalue weighted by Gasteiger charge is -2.04. The largest absolute Gasteiger partial charge is 0.481 e. The number of esters is 1. The first-order valence-corrected chi connectivity index (χ1v) is 4.28. The Labute approximate surface area is 82.1 Å². The van der Waals surface area contributed by atoms with E-state index in [-0.39, 0.29) is 25.0 Å². The Kier molecular flexibility index (Phi) is 5.52. The molecule has 80 valence electrons. The molecule has 14 heavy (non-hydrogen) atoms. The molecule has 0 fully saturated rings. The van der Waals surface area contributed by atoms with Gasteiger partial charge in [0, 0.05) is 12.8 Å². The van der Waals surface area contributed by atoms with Gasteiger partial charge in [0.05, 0.1) is 19.4 Å². The highest BCUT2D eigenvalue weighted by Gasteiger charge is 2.16. The Hall–Kier alpha value is -1.39. The zero-order valence-electron chi connectivity index (χ0n) is 8.28. The van der Waals surface area contributed by atoms with Gasteiger partial charge in [0.15, 0.2) is 0 Å². The molecule has 0 saturated carbocycles. The van der Waals surface area contributed by atoms with Gasteiger partial charge in [0.1, 0.15) is 5.78 Å². The highest BCUT2D eigenvalue weighted by atomic mass is 16.5. The molecule has 0 amide bonds. The van der Waals surface area contributed by atoms with Crippen LogP contribution in [0.1, 0.15) is 26.2 Å². The van der Waals surface area contributed by atoms with Gasteiger partial charge >= 0.3 is 11.9 Å². The Morgan fingerprint density at radius 2 is 1.86 bits per heavy atom. The number of carboxylic acids is 1. The van der Waals surface area contributed by atoms with Gasteiger partial charge in [-0.2, -0.15) is 0 Å². The monoisotopic (exact) mass is 202 g/mol. The normalized spacial score (nSPS) is 11.9. The summed E-state index contributed by atoms with van der Waals surface area (Å²) < 4.78 is 4.35. The standard InChI is InChI=1S/C9H14O5/c1-6(9(12)13)5-7(10)3-4-8(11)14-2/h6H,3-5H2,1-2H3,(H,12,13). The van der Waals surface area contributed by atoms with Crippen molar-refractivity contribution in [1.29, 1.82) is 0 Å². The van der Waals surface area contributed by atoms with Crippen LogP contribution in [0.3, 0.4) is 0 Å². The number of carbonyl (C=O) groups is 3. The summed E-state index contributed by atoms with van der Waals surface area (Å²) in [5.74, 6) is -2.39. The van der Waals surface area contributed by atoms with Gasteiger partial charge in [-0.1, -0.05) is 6.92 Å². The van der Waals surface area contributed by atoms with Crippen molar-refractivity contribution in [2.45, 2.75) is 26.2 Å². The fourth-order valence-corrected chi connectivity index (χ4v) is 0.874. The summed E-state index contributed by atoms with van der Waals surface area (Å²) in [7, 11) is 1.24. The third-order valence-corrected chi connectivity index (χ3v) is 1.79. The van der Waals surface area contributed by atoms with Crippen molar-refractivity contribution in [1.82, 2.24) is 0 Å². The minimum Gasteiger partial charge on any atom is -0.481 e. The van der Waals surface area contributed by atoms with Gasteiger partial charge in [-0.05, 0) is 0 Å². The van der Waals surface area contributed by atoms with Crippen molar-refractivity contribution in [3.05, 3.63) is 0 Å². The number of hydrogen-bond donors (Lipinski definition) is 1. The third kappa shape index (κ3) is 5.29. The number of rotatable bonds is 6. The average molecular weight is 202 g/mol. The van der Waals surface area contributed by atoms with Gasteiger partial charge in [-0.15, -0.1) is 0 Å². The topological polar surface area (TPSA) is 80.7 Å². The molecule has 0 aromatic heterocycles. The van der Waals surface area contributed by atoms with Crippen LogP contribution in [0.4, 0.5) is 0 Å². The number of ether oxygens (including phenoxy) is 1. The van der Waals surface area contributed by atoms with E-state index in [4.69, 9.17) is 5.11 Å². The van der Waals surface area contributed by atoms with Crippen molar-refractivity contribution in [3.8, 4) is 0 Å². The minimum absolute atomic E-state index is 0.0155. The second-order valence-corrected chi connectivity index (χ2v) is 3.06. The maximum Gasteiger partial charge on any atom is 0.306 e. The van der Waals surface area contributed by atoms with E-state index in [0.717, 1.165) is 0 Å². The van der Waals surface area contributed by atoms with E-state index < -0.39 is 17.9 Å². The molecule has 0 aromatic carbocycles. The summed E-state index contributed by atoms with van der Waals surface area (Å²) in [4.78, 5) is 32.1. The van der Waals surface area contributed by atoms with E-state index in [9.17, 15) is 14.4 Å². The first-order valence-electron chi connectivity index (χ1n) is 4.28. The average Bonchev–Trinajstić information content (AvgIpc) is 2.13. The van der Waals surface area contributed by atoms with Gasteiger partial charge in [-0.3, -0.25) is 14.4 Å². The Balaban J connectivity index is 3.76. The molecule has 0 spiro atoms. The second-order valence-electron chi connectivity index (χ2n) is 3.06. The van der Waals surface area contributed by atoms with Crippen molar-refractivity contribution in [2.24, 2.45) is 5.92 Å². The molecule has 0 heterocycles. The van der Waals surface area contributed by atoms with E-state index in [2.05, 4.69) is 4.74 Å². The number of carbonyl (C=O) groups excluding carboxylic acids is 2. The van der Waals surface area contributed by atoms with E-state index in [0.29, 0.717) is 0 Å². The molecule has 0 bridgehead atoms. The smallest absolute Gasteiger partial charge is 0.306 e. The molecule has 0 aliphatic heterocycles. The van der Waals surface area contributed by atoms with Crippen LogP contribution in [0.15, 0.2) is 0 Å². The molecule has 1 atom stereocenters. The number of methoxy groups -OCH3 is 1. The maximum atomic E-state index is 11.1. The van der Waals surface area contributed by atoms with Crippen LogP contribution >= 0.6 is 0 Å². The zero-order chi connectivity index (χ0) is 11.1. The molecule has 0 radical (unpaired) electrons. The van der Waals surface area contributed by atoms with Crippen LogP contribution in [0.25, 0.3) is 0 Å². The summed E-state index contributed by atoms with van der Waals surface area (Å²) in [6, 6.07) is 0. The molecule has 1 unspecified atom stereocenters. The van der Waals surface area contributed by atoms with Crippen LogP contribution < -0.4 is 0 Å². The maximum absolute atomic E-state index is 11.1. The van der Waals surface area contributed by atoms with Crippen molar-refractivity contribution in [3.63, 3.8) is 0 Å². The molecule has 5 heteroatoms. The summed E-state index contributed by atoms with van der Waals surface area (Å²) >= 11 is 0. The molecule has 0 aliphatic carbocycles. The van der Waals surface area contributed by atoms with E-state index in [1.165, 1.54) is 14.0 Å². The van der Waals surface area contributed by atoms with Crippen LogP contribution in [0.2, 0.25) is 0 Å². The van der Waals surface area contributed by atoms with Gasteiger partial charge in [-0.25, -0.2) is 0 Å². The van der Waals surface area contributed by atoms with Crippen LogP contribution in [-0.2, 0) is 19.1 Å². The molecule has 0 saturated heterocycles. The van der Waals surface area contributed by atoms with Crippen LogP contribution in [0, 0.1) is 5.92 Å². The number of Topliss-reactive ketones (excluding diaryl/α,β-unsaturated/α-hetero) is 1.